The summed E-state index contributed by atoms with van der Waals surface area (Å²) in [6.45, 7) is 1.87. The number of nitrogens with two attached hydrogens (primary N) is 1. The van der Waals surface area contributed by atoms with Gasteiger partial charge in [-0.15, -0.1) is 0 Å². The summed E-state index contributed by atoms with van der Waals surface area (Å²) in [6.07, 6.45) is -1.33. The number of aliphatic imine (C=N–C) groups is 1. The molecule has 0 fully saturated rings. The third kappa shape index (κ3) is 5.69. The molecule has 3 N–H and O–H groups in total. The second kappa shape index (κ2) is 10.8. The Morgan fingerprint density at radius 2 is 1.86 bits per heavy atom. The van der Waals surface area contributed by atoms with Gasteiger partial charge < -0.3 is 20.3 Å². The van der Waals surface area contributed by atoms with Crippen LogP contribution in [0.3, 0.4) is 0 Å². The summed E-state index contributed by atoms with van der Waals surface area (Å²) in [5.41, 5.74) is 8.69. The number of ether oxygens (including phenoxy) is 2. The summed E-state index contributed by atoms with van der Waals surface area (Å²) < 4.78 is 39.6. The van der Waals surface area contributed by atoms with E-state index in [0.29, 0.717) is 28.8 Å². The number of benzene rings is 2. The molecule has 1 aromatic heterocycles. The molecule has 1 atom stereocenters. The van der Waals surface area contributed by atoms with E-state index in [1.807, 2.05) is 30.3 Å². The molecule has 3 aromatic rings. The fourth-order valence-electron chi connectivity index (χ4n) is 3.42. The maximum absolute atomic E-state index is 14.6. The zero-order chi connectivity index (χ0) is 25.8. The molecule has 0 radical (unpaired) electrons. The summed E-state index contributed by atoms with van der Waals surface area (Å²) in [5.74, 6) is -4.83. The number of aliphatic carboxylic acids is 1. The van der Waals surface area contributed by atoms with Crippen LogP contribution in [0, 0.1) is 11.6 Å². The molecule has 4 rings (SSSR count). The van der Waals surface area contributed by atoms with Crippen molar-refractivity contribution >= 4 is 28.7 Å². The van der Waals surface area contributed by atoms with E-state index in [9.17, 15) is 23.5 Å². The number of rotatable bonds is 9. The first kappa shape index (κ1) is 25.3. The van der Waals surface area contributed by atoms with Gasteiger partial charge in [-0.25, -0.2) is 18.6 Å². The zero-order valence-electron chi connectivity index (χ0n) is 19.0. The lowest BCUT2D eigenvalue weighted by Gasteiger charge is -2.15. The molecule has 0 bridgehead atoms. The van der Waals surface area contributed by atoms with Gasteiger partial charge in [0.15, 0.2) is 17.7 Å². The summed E-state index contributed by atoms with van der Waals surface area (Å²) in [6, 6.07) is 13.0. The number of carboxylic acids is 1. The highest BCUT2D eigenvalue weighted by atomic mass is 32.2. The molecule has 1 amide bonds. The molecular formula is C25H21F2N3O5S. The van der Waals surface area contributed by atoms with Crippen molar-refractivity contribution in [1.82, 2.24) is 4.98 Å². The van der Waals surface area contributed by atoms with Crippen molar-refractivity contribution in [3.05, 3.63) is 71.3 Å². The Labute approximate surface area is 209 Å². The summed E-state index contributed by atoms with van der Waals surface area (Å²) in [4.78, 5) is 30.7. The van der Waals surface area contributed by atoms with E-state index in [-0.39, 0.29) is 23.8 Å². The standard InChI is InChI=1S/C25H21F2N3O5S/c1-2-20(25(32)33)35-23-19(27)10-18(26)22(30-23)34-17-8-15(14-5-3-4-13(6-14)11-28)7-16(9-17)24-29-21(31)12-36-24/h3-10,20H,2,11-12,28H2,1H3,(H,32,33). The van der Waals surface area contributed by atoms with E-state index in [1.165, 1.54) is 11.8 Å². The van der Waals surface area contributed by atoms with Gasteiger partial charge in [0, 0.05) is 18.2 Å². The number of halogens is 2. The average molecular weight is 514 g/mol. The Balaban J connectivity index is 1.75. The van der Waals surface area contributed by atoms with Crippen molar-refractivity contribution in [2.75, 3.05) is 5.75 Å². The van der Waals surface area contributed by atoms with E-state index in [1.54, 1.807) is 19.1 Å². The van der Waals surface area contributed by atoms with Crippen molar-refractivity contribution in [3.63, 3.8) is 0 Å². The number of carbonyl (C=O) groups excluding carboxylic acids is 1. The van der Waals surface area contributed by atoms with Gasteiger partial charge in [0.2, 0.25) is 0 Å². The zero-order valence-corrected chi connectivity index (χ0v) is 19.9. The maximum atomic E-state index is 14.6. The molecule has 11 heteroatoms. The second-order valence-electron chi connectivity index (χ2n) is 7.77. The molecule has 0 aliphatic carbocycles. The summed E-state index contributed by atoms with van der Waals surface area (Å²) >= 11 is 1.26. The topological polar surface area (TPSA) is 124 Å². The Hall–Kier alpha value is -3.83. The van der Waals surface area contributed by atoms with Crippen LogP contribution in [0.25, 0.3) is 11.1 Å². The molecule has 0 saturated heterocycles. The number of hydrogen-bond donors (Lipinski definition) is 2. The van der Waals surface area contributed by atoms with Crippen LogP contribution in [0.5, 0.6) is 17.5 Å². The lowest BCUT2D eigenvalue weighted by molar-refractivity contribution is -0.145. The SMILES string of the molecule is CCC(Oc1nc(Oc2cc(C3=NC(=O)CS3)cc(-c3cccc(CN)c3)c2)c(F)cc1F)C(=O)O. The third-order valence-corrected chi connectivity index (χ3v) is 6.18. The predicted molar refractivity (Wildman–Crippen MR) is 130 cm³/mol. The van der Waals surface area contributed by atoms with Crippen molar-refractivity contribution in [1.29, 1.82) is 0 Å². The second-order valence-corrected chi connectivity index (χ2v) is 8.73. The van der Waals surface area contributed by atoms with Crippen LogP contribution in [-0.4, -0.2) is 38.9 Å². The van der Waals surface area contributed by atoms with Gasteiger partial charge in [0.25, 0.3) is 17.7 Å². The lowest BCUT2D eigenvalue weighted by atomic mass is 10.0. The minimum absolute atomic E-state index is 0.0375. The predicted octanol–water partition coefficient (Wildman–Crippen LogP) is 4.54. The van der Waals surface area contributed by atoms with E-state index in [4.69, 9.17) is 15.2 Å². The molecule has 0 spiro atoms. The number of nitrogens with zero attached hydrogens (tertiary/aromatic N) is 2. The van der Waals surface area contributed by atoms with Gasteiger partial charge in [0.05, 0.1) is 5.75 Å². The number of aromatic nitrogens is 1. The summed E-state index contributed by atoms with van der Waals surface area (Å²) in [7, 11) is 0. The number of amides is 1. The normalized spacial score (nSPS) is 13.9. The van der Waals surface area contributed by atoms with Crippen molar-refractivity contribution in [2.24, 2.45) is 10.7 Å². The van der Waals surface area contributed by atoms with Crippen LogP contribution in [0.4, 0.5) is 8.78 Å². The molecule has 2 heterocycles. The minimum Gasteiger partial charge on any atom is -0.479 e. The lowest BCUT2D eigenvalue weighted by Crippen LogP contribution is -2.26. The quantitative estimate of drug-likeness (QED) is 0.427. The van der Waals surface area contributed by atoms with Gasteiger partial charge >= 0.3 is 5.97 Å². The Morgan fingerprint density at radius 1 is 1.11 bits per heavy atom. The van der Waals surface area contributed by atoms with E-state index < -0.39 is 35.5 Å². The Kier molecular flexibility index (Phi) is 7.61. The highest BCUT2D eigenvalue weighted by Crippen LogP contribution is 2.34. The van der Waals surface area contributed by atoms with Crippen molar-refractivity contribution in [2.45, 2.75) is 26.0 Å². The molecule has 1 aliphatic heterocycles. The van der Waals surface area contributed by atoms with Gasteiger partial charge in [-0.1, -0.05) is 36.9 Å². The molecule has 186 valence electrons. The average Bonchev–Trinajstić information content (AvgIpc) is 3.31. The van der Waals surface area contributed by atoms with E-state index in [2.05, 4.69) is 9.98 Å². The number of hydrogen-bond acceptors (Lipinski definition) is 7. The Morgan fingerprint density at radius 3 is 2.53 bits per heavy atom. The van der Waals surface area contributed by atoms with Crippen molar-refractivity contribution in [3.8, 4) is 28.6 Å². The minimum atomic E-state index is -1.37. The van der Waals surface area contributed by atoms with Gasteiger partial charge in [0.1, 0.15) is 10.8 Å². The monoisotopic (exact) mass is 513 g/mol. The van der Waals surface area contributed by atoms with Crippen LogP contribution >= 0.6 is 11.8 Å². The van der Waals surface area contributed by atoms with Crippen LogP contribution in [0.2, 0.25) is 0 Å². The number of thioether (sulfide) groups is 1. The smallest absolute Gasteiger partial charge is 0.344 e. The largest absolute Gasteiger partial charge is 0.479 e. The number of pyridine rings is 1. The number of carboxylic acid groups (broad SMARTS) is 1. The van der Waals surface area contributed by atoms with Gasteiger partial charge in [-0.3, -0.25) is 4.79 Å². The molecule has 1 unspecified atom stereocenters. The molecule has 36 heavy (non-hydrogen) atoms. The summed E-state index contributed by atoms with van der Waals surface area (Å²) in [5, 5.41) is 9.67. The van der Waals surface area contributed by atoms with Gasteiger partial charge in [-0.2, -0.15) is 4.98 Å². The first-order valence-electron chi connectivity index (χ1n) is 10.9. The maximum Gasteiger partial charge on any atom is 0.344 e. The molecule has 1 aliphatic rings. The number of carbonyl (C=O) groups is 2. The Bertz CT molecular complexity index is 1370. The van der Waals surface area contributed by atoms with Crippen molar-refractivity contribution < 1.29 is 33.0 Å². The van der Waals surface area contributed by atoms with E-state index in [0.717, 1.165) is 11.1 Å². The fraction of sp³-hybridized carbons (Fsp3) is 0.200. The highest BCUT2D eigenvalue weighted by Gasteiger charge is 2.23. The van der Waals surface area contributed by atoms with Gasteiger partial charge in [-0.05, 0) is 47.4 Å². The van der Waals surface area contributed by atoms with Crippen LogP contribution in [-0.2, 0) is 16.1 Å². The molecule has 0 saturated carbocycles. The molecule has 8 nitrogen and oxygen atoms in total. The third-order valence-electron chi connectivity index (χ3n) is 5.19. The molecule has 2 aromatic carbocycles. The first-order chi connectivity index (χ1) is 17.3. The fourth-order valence-corrected chi connectivity index (χ4v) is 4.20. The van der Waals surface area contributed by atoms with Crippen LogP contribution < -0.4 is 15.2 Å². The highest BCUT2D eigenvalue weighted by molar-refractivity contribution is 8.15. The molecular weight excluding hydrogens is 492 g/mol. The van der Waals surface area contributed by atoms with Crippen LogP contribution in [0.1, 0.15) is 24.5 Å². The van der Waals surface area contributed by atoms with E-state index >= 15 is 0 Å². The van der Waals surface area contributed by atoms with Crippen LogP contribution in [0.15, 0.2) is 53.5 Å². The first-order valence-corrected chi connectivity index (χ1v) is 11.9.